The van der Waals surface area contributed by atoms with Crippen LogP contribution in [-0.2, 0) is 9.53 Å². The molecule has 1 unspecified atom stereocenters. The first-order valence-corrected chi connectivity index (χ1v) is 7.86. The number of amides is 1. The number of carboxylic acid groups (broad SMARTS) is 1. The van der Waals surface area contributed by atoms with Gasteiger partial charge < -0.3 is 24.2 Å². The maximum absolute atomic E-state index is 12.7. The molecule has 0 radical (unpaired) electrons. The second-order valence-corrected chi connectivity index (χ2v) is 6.00. The topological polar surface area (TPSA) is 85.3 Å². The Hall–Kier alpha value is -2.28. The molecule has 0 aliphatic carbocycles. The van der Waals surface area contributed by atoms with Gasteiger partial charge in [-0.1, -0.05) is 13.8 Å². The zero-order valence-electron chi connectivity index (χ0n) is 14.2. The third-order valence-electron chi connectivity index (χ3n) is 3.66. The number of hydrogen-bond acceptors (Lipinski definition) is 5. The number of benzene rings is 1. The van der Waals surface area contributed by atoms with Crippen LogP contribution in [0.3, 0.4) is 0 Å². The molecule has 0 saturated carbocycles. The standard InChI is InChI=1S/C17H23NO6/c1-11(2)9-24-14-5-4-12(8-15(14)22-3)16(19)18-6-7-23-10-13(18)17(20)21/h4-5,8,11,13H,6-7,9-10H2,1-3H3,(H,20,21). The molecule has 1 N–H and O–H groups in total. The molecule has 1 amide bonds. The number of ether oxygens (including phenoxy) is 3. The predicted molar refractivity (Wildman–Crippen MR) is 86.6 cm³/mol. The number of morpholine rings is 1. The van der Waals surface area contributed by atoms with Crippen LogP contribution >= 0.6 is 0 Å². The molecule has 1 saturated heterocycles. The van der Waals surface area contributed by atoms with Crippen molar-refractivity contribution in [1.29, 1.82) is 0 Å². The van der Waals surface area contributed by atoms with Gasteiger partial charge in [0.15, 0.2) is 17.5 Å². The Labute approximate surface area is 141 Å². The SMILES string of the molecule is COc1cc(C(=O)N2CCOCC2C(=O)O)ccc1OCC(C)C. The molecule has 1 aromatic carbocycles. The molecule has 2 rings (SSSR count). The van der Waals surface area contributed by atoms with Gasteiger partial charge in [0, 0.05) is 12.1 Å². The van der Waals surface area contributed by atoms with Crippen LogP contribution in [0, 0.1) is 5.92 Å². The monoisotopic (exact) mass is 337 g/mol. The third-order valence-corrected chi connectivity index (χ3v) is 3.66. The molecule has 132 valence electrons. The molecular formula is C17H23NO6. The van der Waals surface area contributed by atoms with Crippen LogP contribution in [0.4, 0.5) is 0 Å². The van der Waals surface area contributed by atoms with Crippen molar-refractivity contribution in [2.45, 2.75) is 19.9 Å². The number of carboxylic acids is 1. The predicted octanol–water partition coefficient (Wildman–Crippen LogP) is 1.66. The molecule has 0 spiro atoms. The summed E-state index contributed by atoms with van der Waals surface area (Å²) < 4.78 is 16.1. The van der Waals surface area contributed by atoms with Crippen molar-refractivity contribution >= 4 is 11.9 Å². The highest BCUT2D eigenvalue weighted by atomic mass is 16.5. The number of rotatable bonds is 6. The van der Waals surface area contributed by atoms with Crippen molar-refractivity contribution in [3.8, 4) is 11.5 Å². The van der Waals surface area contributed by atoms with Gasteiger partial charge in [0.25, 0.3) is 5.91 Å². The van der Waals surface area contributed by atoms with Crippen LogP contribution in [0.25, 0.3) is 0 Å². The molecule has 24 heavy (non-hydrogen) atoms. The van der Waals surface area contributed by atoms with Crippen LogP contribution in [-0.4, -0.2) is 61.4 Å². The van der Waals surface area contributed by atoms with E-state index in [1.807, 2.05) is 13.8 Å². The summed E-state index contributed by atoms with van der Waals surface area (Å²) in [5, 5.41) is 9.25. The molecule has 1 aliphatic heterocycles. The fourth-order valence-corrected chi connectivity index (χ4v) is 2.39. The molecule has 1 fully saturated rings. The van der Waals surface area contributed by atoms with Gasteiger partial charge in [0.05, 0.1) is 26.9 Å². The molecule has 7 heteroatoms. The molecule has 1 atom stereocenters. The zero-order chi connectivity index (χ0) is 17.7. The van der Waals surface area contributed by atoms with Crippen molar-refractivity contribution in [2.24, 2.45) is 5.92 Å². The summed E-state index contributed by atoms with van der Waals surface area (Å²) >= 11 is 0. The maximum Gasteiger partial charge on any atom is 0.328 e. The van der Waals surface area contributed by atoms with E-state index in [0.29, 0.717) is 36.2 Å². The normalized spacial score (nSPS) is 17.7. The Kier molecular flexibility index (Phi) is 6.03. The van der Waals surface area contributed by atoms with E-state index in [4.69, 9.17) is 14.2 Å². The number of aliphatic carboxylic acids is 1. The first kappa shape index (κ1) is 18.1. The molecule has 1 aliphatic rings. The lowest BCUT2D eigenvalue weighted by Gasteiger charge is -2.33. The Balaban J connectivity index is 2.21. The van der Waals surface area contributed by atoms with E-state index < -0.39 is 12.0 Å². The van der Waals surface area contributed by atoms with Crippen molar-refractivity contribution in [3.63, 3.8) is 0 Å². The van der Waals surface area contributed by atoms with E-state index in [9.17, 15) is 14.7 Å². The third kappa shape index (κ3) is 4.17. The van der Waals surface area contributed by atoms with Gasteiger partial charge in [0.2, 0.25) is 0 Å². The molecule has 7 nitrogen and oxygen atoms in total. The van der Waals surface area contributed by atoms with E-state index >= 15 is 0 Å². The second-order valence-electron chi connectivity index (χ2n) is 6.00. The van der Waals surface area contributed by atoms with Gasteiger partial charge in [-0.25, -0.2) is 4.79 Å². The number of carbonyl (C=O) groups excluding carboxylic acids is 1. The largest absolute Gasteiger partial charge is 0.493 e. The average molecular weight is 337 g/mol. The van der Waals surface area contributed by atoms with Gasteiger partial charge in [-0.15, -0.1) is 0 Å². The van der Waals surface area contributed by atoms with Crippen LogP contribution in [0.5, 0.6) is 11.5 Å². The van der Waals surface area contributed by atoms with Crippen LogP contribution in [0.1, 0.15) is 24.2 Å². The Morgan fingerprint density at radius 3 is 2.75 bits per heavy atom. The van der Waals surface area contributed by atoms with Crippen LogP contribution in [0.15, 0.2) is 18.2 Å². The van der Waals surface area contributed by atoms with E-state index in [1.165, 1.54) is 12.0 Å². The van der Waals surface area contributed by atoms with Gasteiger partial charge in [0.1, 0.15) is 0 Å². The summed E-state index contributed by atoms with van der Waals surface area (Å²) in [6.07, 6.45) is 0. The summed E-state index contributed by atoms with van der Waals surface area (Å²) in [7, 11) is 1.50. The first-order chi connectivity index (χ1) is 11.4. The number of nitrogens with zero attached hydrogens (tertiary/aromatic N) is 1. The molecule has 1 aromatic rings. The lowest BCUT2D eigenvalue weighted by Crippen LogP contribution is -2.52. The Morgan fingerprint density at radius 1 is 1.38 bits per heavy atom. The molecule has 0 aromatic heterocycles. The van der Waals surface area contributed by atoms with Crippen LogP contribution < -0.4 is 9.47 Å². The smallest absolute Gasteiger partial charge is 0.328 e. The highest BCUT2D eigenvalue weighted by Crippen LogP contribution is 2.29. The van der Waals surface area contributed by atoms with Crippen molar-refractivity contribution in [1.82, 2.24) is 4.90 Å². The van der Waals surface area contributed by atoms with Gasteiger partial charge in [-0.05, 0) is 24.1 Å². The average Bonchev–Trinajstić information content (AvgIpc) is 2.59. The fraction of sp³-hybridized carbons (Fsp3) is 0.529. The summed E-state index contributed by atoms with van der Waals surface area (Å²) in [6.45, 7) is 5.16. The number of hydrogen-bond donors (Lipinski definition) is 1. The summed E-state index contributed by atoms with van der Waals surface area (Å²) in [5.41, 5.74) is 0.358. The second kappa shape index (κ2) is 8.01. The molecule has 0 bridgehead atoms. The van der Waals surface area contributed by atoms with Crippen LogP contribution in [0.2, 0.25) is 0 Å². The van der Waals surface area contributed by atoms with Crippen molar-refractivity contribution in [2.75, 3.05) is 33.5 Å². The summed E-state index contributed by atoms with van der Waals surface area (Å²) in [4.78, 5) is 25.3. The Morgan fingerprint density at radius 2 is 2.12 bits per heavy atom. The van der Waals surface area contributed by atoms with E-state index in [0.717, 1.165) is 0 Å². The maximum atomic E-state index is 12.7. The minimum Gasteiger partial charge on any atom is -0.493 e. The summed E-state index contributed by atoms with van der Waals surface area (Å²) in [6, 6.07) is 3.89. The lowest BCUT2D eigenvalue weighted by molar-refractivity contribution is -0.147. The minimum absolute atomic E-state index is 0.00616. The quantitative estimate of drug-likeness (QED) is 0.850. The van der Waals surface area contributed by atoms with Gasteiger partial charge >= 0.3 is 5.97 Å². The zero-order valence-corrected chi connectivity index (χ0v) is 14.2. The van der Waals surface area contributed by atoms with Crippen molar-refractivity contribution in [3.05, 3.63) is 23.8 Å². The molecular weight excluding hydrogens is 314 g/mol. The molecule has 1 heterocycles. The Bertz CT molecular complexity index is 601. The van der Waals surface area contributed by atoms with E-state index in [2.05, 4.69) is 0 Å². The van der Waals surface area contributed by atoms with E-state index in [-0.39, 0.29) is 19.1 Å². The highest BCUT2D eigenvalue weighted by Gasteiger charge is 2.33. The first-order valence-electron chi connectivity index (χ1n) is 7.86. The lowest BCUT2D eigenvalue weighted by atomic mass is 10.1. The van der Waals surface area contributed by atoms with Crippen molar-refractivity contribution < 1.29 is 28.9 Å². The highest BCUT2D eigenvalue weighted by molar-refractivity contribution is 5.97. The van der Waals surface area contributed by atoms with E-state index in [1.54, 1.807) is 18.2 Å². The number of carbonyl (C=O) groups is 2. The minimum atomic E-state index is -1.08. The fourth-order valence-electron chi connectivity index (χ4n) is 2.39. The van der Waals surface area contributed by atoms with Gasteiger partial charge in [-0.3, -0.25) is 4.79 Å². The summed E-state index contributed by atoms with van der Waals surface area (Å²) in [5.74, 6) is -0.0758. The number of methoxy groups -OCH3 is 1. The van der Waals surface area contributed by atoms with Gasteiger partial charge in [-0.2, -0.15) is 0 Å².